The van der Waals surface area contributed by atoms with Gasteiger partial charge in [-0.1, -0.05) is 40.9 Å². The van der Waals surface area contributed by atoms with Crippen LogP contribution in [-0.2, 0) is 0 Å². The second-order valence-corrected chi connectivity index (χ2v) is 4.57. The van der Waals surface area contributed by atoms with Crippen molar-refractivity contribution < 1.29 is 5.11 Å². The van der Waals surface area contributed by atoms with Gasteiger partial charge in [0.05, 0.1) is 5.69 Å². The maximum absolute atomic E-state index is 9.40. The Balaban J connectivity index is 2.86. The quantitative estimate of drug-likeness (QED) is 0.746. The Kier molecular flexibility index (Phi) is 3.18. The molecule has 1 unspecified atom stereocenters. The Morgan fingerprint density at radius 3 is 2.42 bits per heavy atom. The minimum absolute atomic E-state index is 0.345. The summed E-state index contributed by atoms with van der Waals surface area (Å²) >= 11 is 16.4. The Morgan fingerprint density at radius 1 is 1.33 bits per heavy atom. The highest BCUT2D eigenvalue weighted by atomic mass is 35.6. The molecule has 0 saturated carbocycles. The third kappa shape index (κ3) is 2.49. The van der Waals surface area contributed by atoms with Gasteiger partial charge in [-0.3, -0.25) is 4.98 Å². The van der Waals surface area contributed by atoms with E-state index in [1.807, 2.05) is 0 Å². The largest absolute Gasteiger partial charge is 0.382 e. The number of nitrogens with zero attached hydrogens (tertiary/aromatic N) is 1. The van der Waals surface area contributed by atoms with E-state index in [0.29, 0.717) is 5.69 Å². The summed E-state index contributed by atoms with van der Waals surface area (Å²) in [5, 5.41) is 9.40. The molecule has 1 heterocycles. The Hall–Kier alpha value is -0.0200. The average Bonchev–Trinajstić information content (AvgIpc) is 2.03. The zero-order chi connectivity index (χ0) is 9.19. The molecule has 1 N–H and O–H groups in total. The van der Waals surface area contributed by atoms with E-state index in [2.05, 4.69) is 4.98 Å². The van der Waals surface area contributed by atoms with E-state index in [1.54, 1.807) is 18.2 Å². The van der Waals surface area contributed by atoms with Crippen molar-refractivity contribution >= 4 is 34.8 Å². The fourth-order valence-corrected chi connectivity index (χ4v) is 1.04. The van der Waals surface area contributed by atoms with Crippen LogP contribution in [0.15, 0.2) is 24.4 Å². The summed E-state index contributed by atoms with van der Waals surface area (Å²) in [7, 11) is 0. The smallest absolute Gasteiger partial charge is 0.221 e. The molecule has 1 aromatic rings. The highest BCUT2D eigenvalue weighted by Gasteiger charge is 2.32. The third-order valence-corrected chi connectivity index (χ3v) is 1.90. The lowest BCUT2D eigenvalue weighted by atomic mass is 10.2. The van der Waals surface area contributed by atoms with E-state index in [-0.39, 0.29) is 0 Å². The first-order valence-corrected chi connectivity index (χ1v) is 4.31. The van der Waals surface area contributed by atoms with Crippen molar-refractivity contribution in [1.29, 1.82) is 0 Å². The van der Waals surface area contributed by atoms with Gasteiger partial charge < -0.3 is 5.11 Å². The van der Waals surface area contributed by atoms with Gasteiger partial charge in [0.2, 0.25) is 3.79 Å². The topological polar surface area (TPSA) is 33.1 Å². The summed E-state index contributed by atoms with van der Waals surface area (Å²) in [5.74, 6) is 0. The molecule has 2 nitrogen and oxygen atoms in total. The molecule has 0 aliphatic carbocycles. The number of hydrogen-bond acceptors (Lipinski definition) is 2. The fourth-order valence-electron chi connectivity index (χ4n) is 0.705. The minimum atomic E-state index is -1.73. The molecule has 0 aliphatic heterocycles. The molecule has 0 saturated heterocycles. The van der Waals surface area contributed by atoms with Crippen LogP contribution in [0.5, 0.6) is 0 Å². The normalized spacial score (nSPS) is 14.3. The molecule has 1 atom stereocenters. The van der Waals surface area contributed by atoms with Crippen molar-refractivity contribution in [2.24, 2.45) is 0 Å². The Morgan fingerprint density at radius 2 is 2.00 bits per heavy atom. The number of aromatic nitrogens is 1. The van der Waals surface area contributed by atoms with Gasteiger partial charge in [0.25, 0.3) is 0 Å². The number of aliphatic hydroxyl groups excluding tert-OH is 1. The average molecular weight is 226 g/mol. The van der Waals surface area contributed by atoms with Crippen molar-refractivity contribution in [2.45, 2.75) is 9.90 Å². The predicted octanol–water partition coefficient (Wildman–Crippen LogP) is 2.49. The molecule has 12 heavy (non-hydrogen) atoms. The predicted molar refractivity (Wildman–Crippen MR) is 49.5 cm³/mol. The van der Waals surface area contributed by atoms with E-state index < -0.39 is 9.90 Å². The van der Waals surface area contributed by atoms with Gasteiger partial charge in [-0.05, 0) is 12.1 Å². The van der Waals surface area contributed by atoms with Gasteiger partial charge in [0.15, 0.2) is 0 Å². The van der Waals surface area contributed by atoms with Crippen molar-refractivity contribution in [2.75, 3.05) is 0 Å². The van der Waals surface area contributed by atoms with Crippen LogP contribution in [-0.4, -0.2) is 13.9 Å². The van der Waals surface area contributed by atoms with Crippen LogP contribution in [0.1, 0.15) is 11.8 Å². The molecular formula is C7H6Cl3NO. The first-order valence-electron chi connectivity index (χ1n) is 3.17. The summed E-state index contributed by atoms with van der Waals surface area (Å²) in [6.07, 6.45) is 0.332. The summed E-state index contributed by atoms with van der Waals surface area (Å²) in [6, 6.07) is 5.02. The van der Waals surface area contributed by atoms with E-state index in [9.17, 15) is 5.11 Å². The zero-order valence-corrected chi connectivity index (χ0v) is 8.18. The summed E-state index contributed by atoms with van der Waals surface area (Å²) in [4.78, 5) is 3.84. The maximum atomic E-state index is 9.40. The van der Waals surface area contributed by atoms with Crippen molar-refractivity contribution in [3.8, 4) is 0 Å². The second kappa shape index (κ2) is 3.79. The number of pyridine rings is 1. The highest BCUT2D eigenvalue weighted by molar-refractivity contribution is 6.67. The highest BCUT2D eigenvalue weighted by Crippen LogP contribution is 2.38. The number of halogens is 3. The SMILES string of the molecule is OC(c1ccccn1)C(Cl)(Cl)Cl. The van der Waals surface area contributed by atoms with E-state index in [4.69, 9.17) is 34.8 Å². The van der Waals surface area contributed by atoms with E-state index >= 15 is 0 Å². The summed E-state index contributed by atoms with van der Waals surface area (Å²) in [6.45, 7) is 0. The summed E-state index contributed by atoms with van der Waals surface area (Å²) < 4.78 is -1.73. The van der Waals surface area contributed by atoms with Crippen molar-refractivity contribution in [3.05, 3.63) is 30.1 Å². The fraction of sp³-hybridized carbons (Fsp3) is 0.286. The lowest BCUT2D eigenvalue weighted by Gasteiger charge is -2.17. The van der Waals surface area contributed by atoms with Crippen LogP contribution < -0.4 is 0 Å². The molecule has 0 amide bonds. The van der Waals surface area contributed by atoms with Crippen molar-refractivity contribution in [1.82, 2.24) is 4.98 Å². The molecule has 0 aliphatic rings. The minimum Gasteiger partial charge on any atom is -0.382 e. The van der Waals surface area contributed by atoms with Gasteiger partial charge in [-0.2, -0.15) is 0 Å². The van der Waals surface area contributed by atoms with Crippen LogP contribution in [0.2, 0.25) is 0 Å². The first kappa shape index (κ1) is 10.1. The van der Waals surface area contributed by atoms with Gasteiger partial charge >= 0.3 is 0 Å². The third-order valence-electron chi connectivity index (χ3n) is 1.28. The van der Waals surface area contributed by atoms with Crippen LogP contribution >= 0.6 is 34.8 Å². The van der Waals surface area contributed by atoms with Gasteiger partial charge in [-0.25, -0.2) is 0 Å². The van der Waals surface area contributed by atoms with Crippen LogP contribution in [0.3, 0.4) is 0 Å². The Bertz CT molecular complexity index is 247. The molecule has 0 fully saturated rings. The summed E-state index contributed by atoms with van der Waals surface area (Å²) in [5.41, 5.74) is 0.345. The molecule has 0 bridgehead atoms. The lowest BCUT2D eigenvalue weighted by Crippen LogP contribution is -2.17. The van der Waals surface area contributed by atoms with Crippen LogP contribution in [0.25, 0.3) is 0 Å². The molecule has 1 rings (SSSR count). The molecule has 5 heteroatoms. The zero-order valence-electron chi connectivity index (χ0n) is 5.92. The molecule has 0 spiro atoms. The van der Waals surface area contributed by atoms with Crippen LogP contribution in [0.4, 0.5) is 0 Å². The Labute approximate surface area is 85.1 Å². The first-order chi connectivity index (χ1) is 5.52. The van der Waals surface area contributed by atoms with Gasteiger partial charge in [0.1, 0.15) is 6.10 Å². The van der Waals surface area contributed by atoms with Crippen LogP contribution in [0, 0.1) is 0 Å². The molecule has 1 aromatic heterocycles. The van der Waals surface area contributed by atoms with Crippen molar-refractivity contribution in [3.63, 3.8) is 0 Å². The monoisotopic (exact) mass is 225 g/mol. The lowest BCUT2D eigenvalue weighted by molar-refractivity contribution is 0.177. The number of rotatable bonds is 1. The number of aliphatic hydroxyl groups is 1. The van der Waals surface area contributed by atoms with Gasteiger partial charge in [-0.15, -0.1) is 0 Å². The molecule has 0 radical (unpaired) electrons. The maximum Gasteiger partial charge on any atom is 0.221 e. The molecular weight excluding hydrogens is 220 g/mol. The van der Waals surface area contributed by atoms with Gasteiger partial charge in [0, 0.05) is 6.20 Å². The molecule has 66 valence electrons. The standard InChI is InChI=1S/C7H6Cl3NO/c8-7(9,10)6(12)5-3-1-2-4-11-5/h1-4,6,12H. The van der Waals surface area contributed by atoms with E-state index in [1.165, 1.54) is 6.20 Å². The number of hydrogen-bond donors (Lipinski definition) is 1. The second-order valence-electron chi connectivity index (χ2n) is 2.20. The molecule has 0 aromatic carbocycles. The van der Waals surface area contributed by atoms with E-state index in [0.717, 1.165) is 0 Å². The number of alkyl halides is 3.